The van der Waals surface area contributed by atoms with Gasteiger partial charge in [0.2, 0.25) is 11.8 Å². The molecule has 0 saturated heterocycles. The van der Waals surface area contributed by atoms with E-state index in [2.05, 4.69) is 20.3 Å². The molecule has 0 fully saturated rings. The van der Waals surface area contributed by atoms with E-state index in [1.54, 1.807) is 6.07 Å². The van der Waals surface area contributed by atoms with E-state index in [1.165, 1.54) is 0 Å². The van der Waals surface area contributed by atoms with Crippen LogP contribution in [0.4, 0.5) is 10.7 Å². The van der Waals surface area contributed by atoms with Crippen LogP contribution in [0.3, 0.4) is 0 Å². The SMILES string of the molecule is CC(C)c1cc(Cl)nc(NC(=O)NS(=O)(=O)C(=CN)C2=NCCCO2)n1. The van der Waals surface area contributed by atoms with Crippen molar-refractivity contribution in [3.8, 4) is 0 Å². The van der Waals surface area contributed by atoms with Crippen molar-refractivity contribution < 1.29 is 17.9 Å². The summed E-state index contributed by atoms with van der Waals surface area (Å²) in [5, 5.41) is 2.35. The molecule has 2 heterocycles. The smallest absolute Gasteiger partial charge is 0.335 e. The van der Waals surface area contributed by atoms with Gasteiger partial charge < -0.3 is 10.5 Å². The van der Waals surface area contributed by atoms with E-state index >= 15 is 0 Å². The van der Waals surface area contributed by atoms with E-state index in [0.717, 1.165) is 6.20 Å². The fraction of sp³-hybridized carbons (Fsp3) is 0.429. The maximum Gasteiger partial charge on any atom is 0.335 e. The predicted octanol–water partition coefficient (Wildman–Crippen LogP) is 1.32. The zero-order chi connectivity index (χ0) is 19.3. The fourth-order valence-electron chi connectivity index (χ4n) is 1.98. The molecular weight excluding hydrogens is 384 g/mol. The molecule has 12 heteroatoms. The first-order valence-corrected chi connectivity index (χ1v) is 9.57. The normalized spacial score (nSPS) is 15.2. The number of aromatic nitrogens is 2. The van der Waals surface area contributed by atoms with E-state index in [1.807, 2.05) is 18.6 Å². The standard InChI is InChI=1S/C14H19ClN6O4S/c1-8(2)9-6-11(15)19-13(18-9)20-14(22)21-26(23,24)10(7-16)12-17-4-3-5-25-12/h6-8H,3-5,16H2,1-2H3,(H2,18,19,20,21,22). The van der Waals surface area contributed by atoms with Crippen LogP contribution in [0, 0.1) is 0 Å². The number of rotatable bonds is 5. The molecule has 2 amide bonds. The molecule has 142 valence electrons. The second-order valence-corrected chi connectivity index (χ2v) is 7.61. The lowest BCUT2D eigenvalue weighted by Gasteiger charge is -2.16. The highest BCUT2D eigenvalue weighted by atomic mass is 35.5. The number of sulfonamides is 1. The summed E-state index contributed by atoms with van der Waals surface area (Å²) < 4.78 is 31.7. The van der Waals surface area contributed by atoms with E-state index in [0.29, 0.717) is 25.3 Å². The van der Waals surface area contributed by atoms with Crippen molar-refractivity contribution in [3.05, 3.63) is 28.0 Å². The van der Waals surface area contributed by atoms with Crippen molar-refractivity contribution in [3.63, 3.8) is 0 Å². The van der Waals surface area contributed by atoms with Gasteiger partial charge in [0.1, 0.15) is 5.15 Å². The number of nitrogens with two attached hydrogens (primary N) is 1. The van der Waals surface area contributed by atoms with Crippen molar-refractivity contribution in [2.45, 2.75) is 26.2 Å². The van der Waals surface area contributed by atoms with Crippen LogP contribution in [0.25, 0.3) is 0 Å². The summed E-state index contributed by atoms with van der Waals surface area (Å²) >= 11 is 5.89. The minimum Gasteiger partial charge on any atom is -0.477 e. The summed E-state index contributed by atoms with van der Waals surface area (Å²) in [5.41, 5.74) is 5.97. The number of hydrogen-bond donors (Lipinski definition) is 3. The first kappa shape index (κ1) is 19.9. The van der Waals surface area contributed by atoms with Gasteiger partial charge in [0.15, 0.2) is 4.91 Å². The van der Waals surface area contributed by atoms with Gasteiger partial charge in [-0.3, -0.25) is 10.3 Å². The van der Waals surface area contributed by atoms with Crippen molar-refractivity contribution in [1.82, 2.24) is 14.7 Å². The molecule has 0 radical (unpaired) electrons. The number of amides is 2. The Morgan fingerprint density at radius 2 is 2.15 bits per heavy atom. The Bertz CT molecular complexity index is 853. The quantitative estimate of drug-likeness (QED) is 0.628. The average molecular weight is 403 g/mol. The molecule has 4 N–H and O–H groups in total. The highest BCUT2D eigenvalue weighted by Crippen LogP contribution is 2.18. The average Bonchev–Trinajstić information content (AvgIpc) is 2.54. The Hall–Kier alpha value is -2.40. The van der Waals surface area contributed by atoms with Gasteiger partial charge in [-0.2, -0.15) is 0 Å². The fourth-order valence-corrected chi connectivity index (χ4v) is 3.10. The van der Waals surface area contributed by atoms with E-state index in [9.17, 15) is 13.2 Å². The number of nitrogens with one attached hydrogen (secondary N) is 2. The lowest BCUT2D eigenvalue weighted by Crippen LogP contribution is -2.38. The molecule has 2 rings (SSSR count). The Morgan fingerprint density at radius 1 is 1.42 bits per heavy atom. The maximum absolute atomic E-state index is 12.4. The number of carbonyl (C=O) groups is 1. The molecule has 26 heavy (non-hydrogen) atoms. The van der Waals surface area contributed by atoms with E-state index in [4.69, 9.17) is 22.1 Å². The molecule has 1 aliphatic heterocycles. The lowest BCUT2D eigenvalue weighted by atomic mass is 10.1. The first-order chi connectivity index (χ1) is 12.2. The van der Waals surface area contributed by atoms with Gasteiger partial charge in [0.05, 0.1) is 12.3 Å². The zero-order valence-electron chi connectivity index (χ0n) is 14.2. The number of halogens is 1. The number of ether oxygens (including phenoxy) is 1. The van der Waals surface area contributed by atoms with E-state index in [-0.39, 0.29) is 22.9 Å². The third kappa shape index (κ3) is 5.05. The molecule has 1 aromatic rings. The minimum atomic E-state index is -4.30. The predicted molar refractivity (Wildman–Crippen MR) is 97.3 cm³/mol. The molecule has 1 aromatic heterocycles. The van der Waals surface area contributed by atoms with Crippen LogP contribution in [0.5, 0.6) is 0 Å². The number of carbonyl (C=O) groups excluding carboxylic acids is 1. The molecule has 10 nitrogen and oxygen atoms in total. The lowest BCUT2D eigenvalue weighted by molar-refractivity contribution is 0.256. The third-order valence-electron chi connectivity index (χ3n) is 3.21. The number of anilines is 1. The van der Waals surface area contributed by atoms with Crippen molar-refractivity contribution >= 4 is 39.5 Å². The zero-order valence-corrected chi connectivity index (χ0v) is 15.8. The summed E-state index contributed by atoms with van der Waals surface area (Å²) in [6.45, 7) is 4.49. The Kier molecular flexibility index (Phi) is 6.37. The van der Waals surface area contributed by atoms with Gasteiger partial charge in [-0.05, 0) is 12.0 Å². The summed E-state index contributed by atoms with van der Waals surface area (Å²) in [6, 6.07) is 0.484. The Labute approximate surface area is 155 Å². The molecule has 0 atom stereocenters. The van der Waals surface area contributed by atoms with E-state index < -0.39 is 21.0 Å². The number of aliphatic imine (C=N–C) groups is 1. The molecule has 1 aliphatic rings. The summed E-state index contributed by atoms with van der Waals surface area (Å²) in [5.74, 6) is -0.227. The number of hydrogen-bond acceptors (Lipinski definition) is 8. The highest BCUT2D eigenvalue weighted by Gasteiger charge is 2.27. The van der Waals surface area contributed by atoms with Gasteiger partial charge >= 0.3 is 6.03 Å². The van der Waals surface area contributed by atoms with Gasteiger partial charge in [0, 0.05) is 19.2 Å². The third-order valence-corrected chi connectivity index (χ3v) is 4.74. The molecule has 0 spiro atoms. The molecular formula is C14H19ClN6O4S. The monoisotopic (exact) mass is 402 g/mol. The minimum absolute atomic E-state index is 0.0380. The summed E-state index contributed by atoms with van der Waals surface area (Å²) in [4.78, 5) is 23.5. The van der Waals surface area contributed by atoms with Gasteiger partial charge in [-0.25, -0.2) is 27.9 Å². The molecule has 0 aliphatic carbocycles. The number of urea groups is 1. The second-order valence-electron chi connectivity index (χ2n) is 5.57. The van der Waals surface area contributed by atoms with Gasteiger partial charge in [0.25, 0.3) is 10.0 Å². The largest absolute Gasteiger partial charge is 0.477 e. The van der Waals surface area contributed by atoms with Crippen LogP contribution in [-0.4, -0.2) is 43.5 Å². The van der Waals surface area contributed by atoms with Crippen LogP contribution in [0.15, 0.2) is 22.2 Å². The molecule has 0 bridgehead atoms. The van der Waals surface area contributed by atoms with Crippen LogP contribution in [0.2, 0.25) is 5.15 Å². The topological polar surface area (TPSA) is 149 Å². The van der Waals surface area contributed by atoms with Crippen molar-refractivity contribution in [1.29, 1.82) is 0 Å². The number of nitrogens with zero attached hydrogens (tertiary/aromatic N) is 3. The molecule has 0 unspecified atom stereocenters. The summed E-state index contributed by atoms with van der Waals surface area (Å²) in [6.07, 6.45) is 1.48. The summed E-state index contributed by atoms with van der Waals surface area (Å²) in [7, 11) is -4.30. The van der Waals surface area contributed by atoms with Crippen molar-refractivity contribution in [2.75, 3.05) is 18.5 Å². The molecule has 0 aromatic carbocycles. The maximum atomic E-state index is 12.4. The van der Waals surface area contributed by atoms with Gasteiger partial charge in [-0.15, -0.1) is 0 Å². The van der Waals surface area contributed by atoms with Crippen molar-refractivity contribution in [2.24, 2.45) is 10.7 Å². The van der Waals surface area contributed by atoms with Crippen LogP contribution < -0.4 is 15.8 Å². The Morgan fingerprint density at radius 3 is 2.73 bits per heavy atom. The second kappa shape index (κ2) is 8.32. The van der Waals surface area contributed by atoms with Gasteiger partial charge in [-0.1, -0.05) is 25.4 Å². The van der Waals surface area contributed by atoms with Crippen LogP contribution >= 0.6 is 11.6 Å². The molecule has 0 saturated carbocycles. The van der Waals surface area contributed by atoms with Crippen LogP contribution in [0.1, 0.15) is 31.9 Å². The Balaban J connectivity index is 2.14. The first-order valence-electron chi connectivity index (χ1n) is 7.70. The highest BCUT2D eigenvalue weighted by molar-refractivity contribution is 7.94. The van der Waals surface area contributed by atoms with Crippen LogP contribution in [-0.2, 0) is 14.8 Å².